The first-order valence-electron chi connectivity index (χ1n) is 5.06. The Morgan fingerprint density at radius 3 is 2.76 bits per heavy atom. The highest BCUT2D eigenvalue weighted by Crippen LogP contribution is 2.21. The summed E-state index contributed by atoms with van der Waals surface area (Å²) in [6, 6.07) is 3.43. The van der Waals surface area contributed by atoms with Crippen LogP contribution in [0.4, 0.5) is 13.2 Å². The molecule has 0 unspecified atom stereocenters. The lowest BCUT2D eigenvalue weighted by molar-refractivity contribution is -0.0505. The van der Waals surface area contributed by atoms with Crippen LogP contribution in [-0.4, -0.2) is 26.9 Å². The average Bonchev–Trinajstić information content (AvgIpc) is 2.27. The van der Waals surface area contributed by atoms with E-state index in [4.69, 9.17) is 4.74 Å². The van der Waals surface area contributed by atoms with Crippen LogP contribution < -0.4 is 10.1 Å². The Hall–Kier alpha value is -1.27. The van der Waals surface area contributed by atoms with Gasteiger partial charge in [0, 0.05) is 25.8 Å². The van der Waals surface area contributed by atoms with Gasteiger partial charge in [-0.3, -0.25) is 0 Å². The second-order valence-corrected chi connectivity index (χ2v) is 3.30. The van der Waals surface area contributed by atoms with Gasteiger partial charge in [-0.1, -0.05) is 0 Å². The summed E-state index contributed by atoms with van der Waals surface area (Å²) in [6.45, 7) is -1.65. The Morgan fingerprint density at radius 2 is 2.12 bits per heavy atom. The van der Waals surface area contributed by atoms with Gasteiger partial charge in [0.1, 0.15) is 11.6 Å². The zero-order valence-electron chi connectivity index (χ0n) is 9.38. The molecule has 0 heterocycles. The van der Waals surface area contributed by atoms with Crippen molar-refractivity contribution < 1.29 is 22.6 Å². The Bertz CT molecular complexity index is 347. The van der Waals surface area contributed by atoms with Gasteiger partial charge in [-0.25, -0.2) is 4.39 Å². The van der Waals surface area contributed by atoms with Crippen LogP contribution in [0, 0.1) is 5.82 Å². The molecule has 0 saturated carbocycles. The van der Waals surface area contributed by atoms with Gasteiger partial charge in [0.2, 0.25) is 0 Å². The largest absolute Gasteiger partial charge is 0.434 e. The van der Waals surface area contributed by atoms with E-state index in [1.54, 1.807) is 7.11 Å². The number of hydrogen-bond donors (Lipinski definition) is 1. The third-order valence-corrected chi connectivity index (χ3v) is 2.04. The third-order valence-electron chi connectivity index (χ3n) is 2.04. The lowest BCUT2D eigenvalue weighted by Crippen LogP contribution is -2.19. The highest BCUT2D eigenvalue weighted by Gasteiger charge is 2.10. The summed E-state index contributed by atoms with van der Waals surface area (Å²) in [5, 5.41) is 2.93. The van der Waals surface area contributed by atoms with E-state index in [2.05, 4.69) is 10.1 Å². The van der Waals surface area contributed by atoms with E-state index in [1.165, 1.54) is 6.07 Å². The normalized spacial score (nSPS) is 10.9. The summed E-state index contributed by atoms with van der Waals surface area (Å²) < 4.78 is 46.2. The quantitative estimate of drug-likeness (QED) is 0.751. The van der Waals surface area contributed by atoms with E-state index in [1.807, 2.05) is 0 Å². The average molecular weight is 249 g/mol. The molecule has 3 nitrogen and oxygen atoms in total. The van der Waals surface area contributed by atoms with Gasteiger partial charge in [-0.15, -0.1) is 0 Å². The fourth-order valence-corrected chi connectivity index (χ4v) is 1.29. The number of alkyl halides is 2. The van der Waals surface area contributed by atoms with Gasteiger partial charge in [0.15, 0.2) is 0 Å². The Morgan fingerprint density at radius 1 is 1.35 bits per heavy atom. The lowest BCUT2D eigenvalue weighted by Gasteiger charge is -2.11. The Kier molecular flexibility index (Phi) is 5.79. The minimum absolute atomic E-state index is 0.0219. The molecule has 0 aromatic heterocycles. The summed E-state index contributed by atoms with van der Waals surface area (Å²) in [5.41, 5.74) is 0.349. The number of methoxy groups -OCH3 is 1. The number of benzene rings is 1. The molecule has 0 radical (unpaired) electrons. The molecule has 1 aromatic rings. The third kappa shape index (κ3) is 5.06. The maximum absolute atomic E-state index is 13.0. The van der Waals surface area contributed by atoms with Crippen LogP contribution in [0.15, 0.2) is 18.2 Å². The van der Waals surface area contributed by atoms with Crippen molar-refractivity contribution >= 4 is 0 Å². The van der Waals surface area contributed by atoms with E-state index in [0.717, 1.165) is 12.1 Å². The molecular formula is C11H14F3NO2. The van der Waals surface area contributed by atoms with E-state index in [0.29, 0.717) is 18.7 Å². The number of nitrogens with one attached hydrogen (secondary N) is 1. The van der Waals surface area contributed by atoms with Crippen molar-refractivity contribution in [2.24, 2.45) is 0 Å². The van der Waals surface area contributed by atoms with Gasteiger partial charge in [-0.05, 0) is 18.2 Å². The van der Waals surface area contributed by atoms with Gasteiger partial charge >= 0.3 is 6.61 Å². The van der Waals surface area contributed by atoms with Gasteiger partial charge in [-0.2, -0.15) is 8.78 Å². The number of halogens is 3. The number of ether oxygens (including phenoxy) is 2. The molecule has 0 saturated heterocycles. The SMILES string of the molecule is COCCNCc1cc(F)ccc1OC(F)F. The summed E-state index contributed by atoms with van der Waals surface area (Å²) >= 11 is 0. The molecule has 0 bridgehead atoms. The molecule has 0 fully saturated rings. The van der Waals surface area contributed by atoms with E-state index in [-0.39, 0.29) is 12.3 Å². The van der Waals surface area contributed by atoms with Crippen molar-refractivity contribution in [1.29, 1.82) is 0 Å². The van der Waals surface area contributed by atoms with Crippen LogP contribution in [-0.2, 0) is 11.3 Å². The first-order valence-corrected chi connectivity index (χ1v) is 5.06. The standard InChI is InChI=1S/C11H14F3NO2/c1-16-5-4-15-7-8-6-9(12)2-3-10(8)17-11(13)14/h2-3,6,11,15H,4-5,7H2,1H3. The van der Waals surface area contributed by atoms with Gasteiger partial charge < -0.3 is 14.8 Å². The predicted molar refractivity (Wildman–Crippen MR) is 56.6 cm³/mol. The highest BCUT2D eigenvalue weighted by molar-refractivity contribution is 5.33. The summed E-state index contributed by atoms with van der Waals surface area (Å²) in [7, 11) is 1.55. The fraction of sp³-hybridized carbons (Fsp3) is 0.455. The minimum Gasteiger partial charge on any atom is -0.434 e. The molecule has 1 rings (SSSR count). The van der Waals surface area contributed by atoms with Gasteiger partial charge in [0.05, 0.1) is 6.61 Å². The van der Waals surface area contributed by atoms with E-state index >= 15 is 0 Å². The van der Waals surface area contributed by atoms with Gasteiger partial charge in [0.25, 0.3) is 0 Å². The molecule has 0 aliphatic carbocycles. The Balaban J connectivity index is 2.63. The van der Waals surface area contributed by atoms with Crippen molar-refractivity contribution in [2.45, 2.75) is 13.2 Å². The molecule has 0 aliphatic rings. The minimum atomic E-state index is -2.92. The molecule has 0 aliphatic heterocycles. The summed E-state index contributed by atoms with van der Waals surface area (Å²) in [6.07, 6.45) is 0. The van der Waals surface area contributed by atoms with Crippen molar-refractivity contribution in [1.82, 2.24) is 5.32 Å². The van der Waals surface area contributed by atoms with Crippen molar-refractivity contribution in [2.75, 3.05) is 20.3 Å². The zero-order valence-corrected chi connectivity index (χ0v) is 9.38. The molecule has 1 N–H and O–H groups in total. The molecular weight excluding hydrogens is 235 g/mol. The number of hydrogen-bond acceptors (Lipinski definition) is 3. The smallest absolute Gasteiger partial charge is 0.387 e. The van der Waals surface area contributed by atoms with Crippen molar-refractivity contribution in [3.05, 3.63) is 29.6 Å². The van der Waals surface area contributed by atoms with E-state index in [9.17, 15) is 13.2 Å². The maximum atomic E-state index is 13.0. The Labute approximate surface area is 97.5 Å². The molecule has 6 heteroatoms. The highest BCUT2D eigenvalue weighted by atomic mass is 19.3. The first-order chi connectivity index (χ1) is 8.13. The van der Waals surface area contributed by atoms with Crippen LogP contribution in [0.5, 0.6) is 5.75 Å². The lowest BCUT2D eigenvalue weighted by atomic mass is 10.2. The zero-order chi connectivity index (χ0) is 12.7. The second kappa shape index (κ2) is 7.13. The van der Waals surface area contributed by atoms with Crippen LogP contribution in [0.1, 0.15) is 5.56 Å². The summed E-state index contributed by atoms with van der Waals surface area (Å²) in [5.74, 6) is -0.513. The van der Waals surface area contributed by atoms with Crippen molar-refractivity contribution in [3.63, 3.8) is 0 Å². The molecule has 1 aromatic carbocycles. The second-order valence-electron chi connectivity index (χ2n) is 3.30. The van der Waals surface area contributed by atoms with Crippen LogP contribution in [0.25, 0.3) is 0 Å². The monoisotopic (exact) mass is 249 g/mol. The van der Waals surface area contributed by atoms with Crippen LogP contribution >= 0.6 is 0 Å². The maximum Gasteiger partial charge on any atom is 0.387 e. The van der Waals surface area contributed by atoms with Crippen molar-refractivity contribution in [3.8, 4) is 5.75 Å². The molecule has 96 valence electrons. The fourth-order valence-electron chi connectivity index (χ4n) is 1.29. The molecule has 0 spiro atoms. The van der Waals surface area contributed by atoms with Crippen LogP contribution in [0.3, 0.4) is 0 Å². The topological polar surface area (TPSA) is 30.5 Å². The first kappa shape index (κ1) is 13.8. The molecule has 17 heavy (non-hydrogen) atoms. The number of rotatable bonds is 7. The van der Waals surface area contributed by atoms with Crippen LogP contribution in [0.2, 0.25) is 0 Å². The molecule has 0 amide bonds. The molecule has 0 atom stereocenters. The summed E-state index contributed by atoms with van der Waals surface area (Å²) in [4.78, 5) is 0. The predicted octanol–water partition coefficient (Wildman–Crippen LogP) is 2.16. The van der Waals surface area contributed by atoms with E-state index < -0.39 is 12.4 Å².